The van der Waals surface area contributed by atoms with E-state index in [2.05, 4.69) is 86.3 Å². The maximum atomic E-state index is 12.2. The third kappa shape index (κ3) is 22.1. The van der Waals surface area contributed by atoms with Crippen LogP contribution in [0.3, 0.4) is 0 Å². The van der Waals surface area contributed by atoms with Gasteiger partial charge in [0.05, 0.1) is 18.3 Å². The number of aliphatic hydroxyl groups is 5. The third-order valence-corrected chi connectivity index (χ3v) is 26.7. The zero-order chi connectivity index (χ0) is 78.9. The summed E-state index contributed by atoms with van der Waals surface area (Å²) in [6.07, 6.45) is 18.5. The van der Waals surface area contributed by atoms with Crippen LogP contribution >= 0.6 is 37.2 Å². The predicted octanol–water partition coefficient (Wildman–Crippen LogP) is 4.42. The summed E-state index contributed by atoms with van der Waals surface area (Å²) in [7, 11) is 0. The average molecular weight is 2140 g/mol. The van der Waals surface area contributed by atoms with Crippen LogP contribution in [0.4, 0.5) is 0 Å². The van der Waals surface area contributed by atoms with E-state index >= 15 is 0 Å². The Balaban J connectivity index is 0.000000301. The van der Waals surface area contributed by atoms with Gasteiger partial charge in [-0.1, -0.05) is 86.4 Å². The standard InChI is InChI=1S/C22H28O6.C22H26O4.C18H24O4.C18H20O2.CH2O3.3CH4.I3.2K.4O.Os.H/c1-11(23)27-14-5-7-15-13(10-14)4-6-17-16(15)8-9-22(3)18(17)19(25)20(26)21(22)28-12(2)24;1-13(23)25-16-5-7-17-15(12-16)4-6-19-18(17)10-11-22(3)20(19)8-9-21(22)26-14(2)24;1-18-7-6-12-11-5-3-10(19)8-9(11)2-4-13(12)14(18)15(20)16(21)17(18)22;1-18-9-8-14-13-5-3-12(19)10-11(13)2-4-15(14)16(18)6-7-17(18)20;2-1-4-3;;;;1-3-2;;;;;;;;/h5,7,10,16-21,25-26H,4,6,8-9H2,1-3H3;5,7-9,12,18-21H,4,6,10-11H2,1-3H3;3,5,8,12-17,19-22H,2,4,6-7H2,1H3;3,5-7,10,14-16,19H,2,4,8-9H2,1H3;1,3H;3*1H4;;;;;;;;;/q;;;;;;;;-1;2*+1;;;;;;-1/p-1/t16?,17?,18?,19-,20-,21?,22-;18?,19?,20?,21?,22-;12?,13?,14?,15-,16-,17?,18-;14?,15?,16?,18-;;;;;;;;;;;;;/m0000............./s1. The van der Waals surface area contributed by atoms with E-state index in [1.54, 1.807) is 6.07 Å². The van der Waals surface area contributed by atoms with Gasteiger partial charge in [0.25, 0.3) is 6.47 Å². The number of rotatable bonds is 5. The Kier molecular flexibility index (Phi) is 38.4. The van der Waals surface area contributed by atoms with E-state index in [4.69, 9.17) is 43.2 Å². The van der Waals surface area contributed by atoms with Crippen molar-refractivity contribution in [3.8, 4) is 23.0 Å². The first-order valence-corrected chi connectivity index (χ1v) is 53.8. The first-order valence-electron chi connectivity index (χ1n) is 37.1. The van der Waals surface area contributed by atoms with Crippen molar-refractivity contribution in [1.82, 2.24) is 0 Å². The first-order chi connectivity index (χ1) is 51.0. The molecule has 0 amide bonds. The molecule has 15 unspecified atom stereocenters. The summed E-state index contributed by atoms with van der Waals surface area (Å²) in [5, 5.41) is 80.3. The van der Waals surface area contributed by atoms with Crippen LogP contribution in [0.15, 0.2) is 97.1 Å². The second-order valence-corrected chi connectivity index (χ2v) is 51.1. The van der Waals surface area contributed by atoms with E-state index in [1.807, 2.05) is 74.5 Å². The number of phenolic OH excluding ortho intramolecular Hbond substituents is 2. The van der Waals surface area contributed by atoms with Crippen LogP contribution < -0.4 is 131 Å². The molecule has 6 fully saturated rings. The van der Waals surface area contributed by atoms with Crippen molar-refractivity contribution >= 4 is 73.4 Å². The number of ketones is 1. The fourth-order valence-electron chi connectivity index (χ4n) is 22.2. The summed E-state index contributed by atoms with van der Waals surface area (Å²) in [6, 6.07) is 23.4. The normalized spacial score (nSPS) is 34.3. The molecule has 23 nitrogen and oxygen atoms in total. The molecule has 0 bridgehead atoms. The molecule has 29 heteroatoms. The summed E-state index contributed by atoms with van der Waals surface area (Å²) < 4.78 is 56.1. The monoisotopic (exact) mass is 2140 g/mol. The van der Waals surface area contributed by atoms with Crippen LogP contribution in [0.5, 0.6) is 23.0 Å². The molecule has 16 rings (SSSR count). The number of ether oxygens (including phenoxy) is 4. The minimum absolute atomic E-state index is 0. The predicted molar refractivity (Wildman–Crippen MR) is 417 cm³/mol. The maximum absolute atomic E-state index is 12.2. The number of esters is 4. The number of allylic oxidation sites excluding steroid dienone is 3. The second-order valence-electron chi connectivity index (χ2n) is 32.3. The Morgan fingerprint density at radius 3 is 1.29 bits per heavy atom. The van der Waals surface area contributed by atoms with Crippen LogP contribution in [0.25, 0.3) is 0 Å². The van der Waals surface area contributed by atoms with E-state index in [0.29, 0.717) is 83.5 Å². The zero-order valence-corrected chi connectivity index (χ0v) is 79.0. The molecule has 23 atom stereocenters. The molecule has 4 aromatic carbocycles. The average Bonchev–Trinajstić information content (AvgIpc) is 1.55. The van der Waals surface area contributed by atoms with Crippen molar-refractivity contribution in [2.24, 2.45) is 69.0 Å². The van der Waals surface area contributed by atoms with E-state index in [9.17, 15) is 59.7 Å². The molecule has 0 aromatic heterocycles. The summed E-state index contributed by atoms with van der Waals surface area (Å²) in [6.45, 7) is 14.0. The van der Waals surface area contributed by atoms with Crippen molar-refractivity contribution in [1.29, 1.82) is 0 Å². The van der Waals surface area contributed by atoms with Gasteiger partial charge in [0.1, 0.15) is 47.4 Å². The van der Waals surface area contributed by atoms with E-state index in [0.717, 1.165) is 103 Å². The number of benzene rings is 4. The summed E-state index contributed by atoms with van der Waals surface area (Å²) in [4.78, 5) is 68.9. The second kappa shape index (κ2) is 42.7. The number of halogens is 3. The number of phenols is 2. The fourth-order valence-corrected chi connectivity index (χ4v) is 22.2. The molecule has 12 aliphatic carbocycles. The van der Waals surface area contributed by atoms with Gasteiger partial charge in [-0.25, -0.2) is 0 Å². The van der Waals surface area contributed by atoms with Gasteiger partial charge >= 0.3 is 206 Å². The first kappa shape index (κ1) is 102. The van der Waals surface area contributed by atoms with Crippen molar-refractivity contribution < 1.29 is 240 Å². The number of fused-ring (bicyclic) bond motifs is 20. The van der Waals surface area contributed by atoms with Gasteiger partial charge in [0.15, 0.2) is 5.78 Å². The van der Waals surface area contributed by atoms with Crippen LogP contribution in [-0.2, 0) is 97.8 Å². The number of aromatic hydroxyl groups is 2. The minimum atomic E-state index is -6.06. The number of hydrogen-bond donors (Lipinski definition) is 7. The van der Waals surface area contributed by atoms with Gasteiger partial charge in [-0.2, -0.15) is 0 Å². The molecule has 4 aromatic rings. The van der Waals surface area contributed by atoms with E-state index in [1.165, 1.54) is 72.2 Å². The van der Waals surface area contributed by atoms with Crippen molar-refractivity contribution in [3.63, 3.8) is 0 Å². The molecule has 0 heterocycles. The van der Waals surface area contributed by atoms with Gasteiger partial charge in [-0.3, -0.25) is 28.8 Å². The summed E-state index contributed by atoms with van der Waals surface area (Å²) in [5.41, 5.74) is 9.40. The molecular weight excluding hydrogens is 2030 g/mol. The van der Waals surface area contributed by atoms with Crippen LogP contribution in [-0.4, -0.2) is 115 Å². The van der Waals surface area contributed by atoms with Crippen molar-refractivity contribution in [2.75, 3.05) is 0 Å². The topological polar surface area (TPSA) is 382 Å². The van der Waals surface area contributed by atoms with E-state index in [-0.39, 0.29) is 197 Å². The summed E-state index contributed by atoms with van der Waals surface area (Å²) >= 11 is -0.756. The molecule has 618 valence electrons. The van der Waals surface area contributed by atoms with Crippen LogP contribution in [0.2, 0.25) is 0 Å². The van der Waals surface area contributed by atoms with Crippen LogP contribution in [0.1, 0.15) is 224 Å². The molecule has 6 saturated carbocycles. The van der Waals surface area contributed by atoms with Gasteiger partial charge in [-0.15, -0.1) is 0 Å². The zero-order valence-electron chi connectivity index (χ0n) is 64.7. The number of hydrogen-bond acceptors (Lipinski definition) is 23. The van der Waals surface area contributed by atoms with E-state index < -0.39 is 68.3 Å². The third-order valence-electron chi connectivity index (χ3n) is 26.7. The number of carbonyl (C=O) groups excluding carboxylic acids is 6. The molecule has 0 radical (unpaired) electrons. The number of carbonyl (C=O) groups is 6. The number of aryl methyl sites for hydroxylation is 4. The molecule has 12 aliphatic rings. The van der Waals surface area contributed by atoms with Gasteiger partial charge in [0.2, 0.25) is 0 Å². The number of aliphatic hydroxyl groups excluding tert-OH is 5. The van der Waals surface area contributed by atoms with Gasteiger partial charge in [0, 0.05) is 49.4 Å². The molecule has 0 spiro atoms. The van der Waals surface area contributed by atoms with Gasteiger partial charge < -0.3 is 66.3 Å². The Labute approximate surface area is 783 Å². The van der Waals surface area contributed by atoms with Crippen molar-refractivity contribution in [3.05, 3.63) is 142 Å². The Bertz CT molecular complexity index is 4330. The fraction of sp³-hybridized carbons (Fsp3) is 0.595. The molecule has 113 heavy (non-hydrogen) atoms. The molecule has 0 aliphatic heterocycles. The van der Waals surface area contributed by atoms with Gasteiger partial charge in [-0.05, 0) is 279 Å². The molecule has 7 N–H and O–H groups in total. The SMILES string of the molecule is C.C.C.CC(=O)Oc1ccc2c(c1)CCC1C2CC[C@]2(C)C(OC(C)=O)C=CC12.CC(=O)Oc1ccc2c(c1)CCC1C2CC[C@]2(C)C(OC(C)=O)[C@@H](O)[C@@H](O)C12.C[C@]12CCC3c4ccc(O)cc4CCC3C1C=CC2=O.C[C@]12CCC3c4ccc(O)cc4CCC3C1[C@H](O)[C@H](O)C2O.I[I-]I.O=CO[O-].[H-].[K+].[K+].[O]=[Os](=[O])(=[O])=[O]. The Hall–Kier alpha value is -1.96. The Morgan fingerprint density at radius 2 is 0.867 bits per heavy atom. The Morgan fingerprint density at radius 1 is 0.504 bits per heavy atom. The quantitative estimate of drug-likeness (QED) is 0.0212. The molecular formula is C84H112I3K2O23Os-. The summed E-state index contributed by atoms with van der Waals surface area (Å²) in [5.74, 6) is 5.10. The van der Waals surface area contributed by atoms with Crippen molar-refractivity contribution in [2.45, 2.75) is 247 Å². The van der Waals surface area contributed by atoms with Crippen LogP contribution in [0, 0.1) is 69.0 Å². The molecule has 0 saturated heterocycles.